The fourth-order valence-corrected chi connectivity index (χ4v) is 6.52. The number of ketones is 1. The largest absolute Gasteiger partial charge is 0.484 e. The number of carbonyl (C=O) groups is 2. The molecule has 0 unspecified atom stereocenters. The molecule has 2 N–H and O–H groups in total. The molecule has 4 aromatic rings. The quantitative estimate of drug-likeness (QED) is 0.222. The van der Waals surface area contributed by atoms with E-state index in [1.165, 1.54) is 0 Å². The summed E-state index contributed by atoms with van der Waals surface area (Å²) in [4.78, 5) is 38.0. The molecule has 2 amide bonds. The number of urea groups is 1. The van der Waals surface area contributed by atoms with Gasteiger partial charge in [0.25, 0.3) is 0 Å². The Morgan fingerprint density at radius 2 is 1.70 bits per heavy atom. The first kappa shape index (κ1) is 32.6. The van der Waals surface area contributed by atoms with Crippen molar-refractivity contribution in [3.05, 3.63) is 77.1 Å². The Balaban J connectivity index is 1.17. The zero-order chi connectivity index (χ0) is 33.5. The molecule has 3 aromatic heterocycles. The van der Waals surface area contributed by atoms with Gasteiger partial charge in [0.15, 0.2) is 17.3 Å². The van der Waals surface area contributed by atoms with Crippen LogP contribution >= 0.6 is 0 Å². The Hall–Kier alpha value is -4.38. The number of carbonyl (C=O) groups excluding carboxylic acids is 2. The van der Waals surface area contributed by atoms with E-state index in [1.807, 2.05) is 61.7 Å². The Morgan fingerprint density at radius 3 is 2.40 bits per heavy atom. The van der Waals surface area contributed by atoms with Crippen LogP contribution < -0.4 is 15.4 Å². The molecule has 1 aliphatic heterocycles. The van der Waals surface area contributed by atoms with Crippen LogP contribution in [-0.2, 0) is 10.8 Å². The Morgan fingerprint density at radius 1 is 0.936 bits per heavy atom. The molecule has 1 saturated heterocycles. The third-order valence-electron chi connectivity index (χ3n) is 9.01. The molecule has 6 rings (SSSR count). The molecule has 1 aliphatic carbocycles. The van der Waals surface area contributed by atoms with Crippen molar-refractivity contribution < 1.29 is 14.3 Å². The van der Waals surface area contributed by atoms with Gasteiger partial charge in [-0.05, 0) is 62.0 Å². The third kappa shape index (κ3) is 7.30. The maximum atomic E-state index is 13.4. The molecule has 11 heteroatoms. The minimum Gasteiger partial charge on any atom is -0.484 e. The summed E-state index contributed by atoms with van der Waals surface area (Å²) in [5, 5.41) is 14.8. The highest BCUT2D eigenvalue weighted by Crippen LogP contribution is 2.39. The van der Waals surface area contributed by atoms with Crippen LogP contribution in [0.5, 0.6) is 5.75 Å². The van der Waals surface area contributed by atoms with E-state index in [4.69, 9.17) is 4.74 Å². The zero-order valence-corrected chi connectivity index (χ0v) is 28.5. The molecule has 47 heavy (non-hydrogen) atoms. The first-order valence-corrected chi connectivity index (χ1v) is 16.5. The molecule has 1 fully saturated rings. The second-order valence-corrected chi connectivity index (χ2v) is 15.1. The monoisotopic (exact) mass is 638 g/mol. The second kappa shape index (κ2) is 12.7. The average Bonchev–Trinajstić information content (AvgIpc) is 3.63. The number of ether oxygens (including phenoxy) is 1. The molecule has 0 saturated carbocycles. The number of nitrogens with one attached hydrogen (secondary N) is 2. The fourth-order valence-electron chi connectivity index (χ4n) is 6.52. The van der Waals surface area contributed by atoms with Crippen molar-refractivity contribution in [2.45, 2.75) is 90.2 Å². The van der Waals surface area contributed by atoms with Crippen LogP contribution in [0.25, 0.3) is 5.65 Å². The summed E-state index contributed by atoms with van der Waals surface area (Å²) in [6.07, 6.45) is 4.56. The number of hydrogen-bond acceptors (Lipinski definition) is 8. The van der Waals surface area contributed by atoms with Crippen LogP contribution in [0.3, 0.4) is 0 Å². The summed E-state index contributed by atoms with van der Waals surface area (Å²) >= 11 is 0. The summed E-state index contributed by atoms with van der Waals surface area (Å²) in [7, 11) is 2.07. The SMILES string of the molecule is CN1CC[C@@H](CC(=O)c2nc(NC(=O)N[C@H]3CC[C@@H](Oc4ccc5nnc(C(C)(C)C)n5c4)c4ccccc43)cc(C(C)(C)C)n2)C1. The van der Waals surface area contributed by atoms with Crippen molar-refractivity contribution in [3.63, 3.8) is 0 Å². The highest BCUT2D eigenvalue weighted by molar-refractivity contribution is 5.94. The lowest BCUT2D eigenvalue weighted by Gasteiger charge is -2.32. The normalized spacial score (nSPS) is 20.2. The zero-order valence-electron chi connectivity index (χ0n) is 28.5. The molecule has 3 atom stereocenters. The summed E-state index contributed by atoms with van der Waals surface area (Å²) in [5.41, 5.74) is 3.03. The van der Waals surface area contributed by atoms with Crippen LogP contribution in [0, 0.1) is 5.92 Å². The van der Waals surface area contributed by atoms with Crippen molar-refractivity contribution >= 4 is 23.3 Å². The van der Waals surface area contributed by atoms with Gasteiger partial charge in [0.1, 0.15) is 23.5 Å². The standard InChI is InChI=1S/C36H46N8O3/c1-35(2,3)29-19-30(39-32(38-29)27(45)18-22-16-17-43(7)20-22)40-34(46)37-26-13-14-28(25-11-9-8-10-24(25)26)47-23-12-15-31-41-42-33(36(4,5)6)44(31)21-23/h8-12,15,19,21-22,26,28H,13-14,16-18,20H2,1-7H3,(H2,37,38,39,40,46)/t22-,26-,28+/m0/s1. The van der Waals surface area contributed by atoms with E-state index in [1.54, 1.807) is 6.07 Å². The molecule has 1 aromatic carbocycles. The Labute approximate surface area is 276 Å². The molecular weight excluding hydrogens is 592 g/mol. The number of anilines is 1. The first-order valence-electron chi connectivity index (χ1n) is 16.5. The summed E-state index contributed by atoms with van der Waals surface area (Å²) in [6, 6.07) is 13.1. The lowest BCUT2D eigenvalue weighted by atomic mass is 9.85. The van der Waals surface area contributed by atoms with Crippen LogP contribution in [-0.4, -0.2) is 61.4 Å². The van der Waals surface area contributed by atoms with Crippen molar-refractivity contribution in [2.24, 2.45) is 5.92 Å². The number of benzene rings is 1. The van der Waals surface area contributed by atoms with Crippen molar-refractivity contribution in [2.75, 3.05) is 25.5 Å². The van der Waals surface area contributed by atoms with Gasteiger partial charge in [-0.1, -0.05) is 65.8 Å². The number of nitrogens with zero attached hydrogens (tertiary/aromatic N) is 6. The van der Waals surface area contributed by atoms with E-state index in [9.17, 15) is 9.59 Å². The van der Waals surface area contributed by atoms with Gasteiger partial charge < -0.3 is 15.0 Å². The summed E-state index contributed by atoms with van der Waals surface area (Å²) < 4.78 is 8.54. The van der Waals surface area contributed by atoms with Gasteiger partial charge in [-0.2, -0.15) is 0 Å². The number of likely N-dealkylation sites (tertiary alicyclic amines) is 1. The second-order valence-electron chi connectivity index (χ2n) is 15.1. The lowest BCUT2D eigenvalue weighted by molar-refractivity contribution is 0.0952. The minimum atomic E-state index is -0.383. The maximum Gasteiger partial charge on any atom is 0.320 e. The van der Waals surface area contributed by atoms with Gasteiger partial charge in [-0.3, -0.25) is 14.5 Å². The third-order valence-corrected chi connectivity index (χ3v) is 9.01. The number of Topliss-reactive ketones (excluding diaryl/α,β-unsaturated/α-hetero) is 1. The highest BCUT2D eigenvalue weighted by Gasteiger charge is 2.31. The van der Waals surface area contributed by atoms with E-state index in [2.05, 4.69) is 69.6 Å². The van der Waals surface area contributed by atoms with Gasteiger partial charge in [0, 0.05) is 29.9 Å². The van der Waals surface area contributed by atoms with Crippen molar-refractivity contribution in [1.82, 2.24) is 34.8 Å². The number of fused-ring (bicyclic) bond motifs is 2. The van der Waals surface area contributed by atoms with Gasteiger partial charge in [0.05, 0.1) is 17.9 Å². The smallest absolute Gasteiger partial charge is 0.320 e. The molecular formula is C36H46N8O3. The van der Waals surface area contributed by atoms with Gasteiger partial charge >= 0.3 is 6.03 Å². The summed E-state index contributed by atoms with van der Waals surface area (Å²) in [5.74, 6) is 2.28. The van der Waals surface area contributed by atoms with Gasteiger partial charge in [-0.25, -0.2) is 14.8 Å². The van der Waals surface area contributed by atoms with Crippen LogP contribution in [0.4, 0.5) is 10.6 Å². The number of aromatic nitrogens is 5. The molecule has 0 bridgehead atoms. The molecule has 248 valence electrons. The number of amides is 2. The molecule has 11 nitrogen and oxygen atoms in total. The van der Waals surface area contributed by atoms with E-state index < -0.39 is 0 Å². The van der Waals surface area contributed by atoms with Crippen LogP contribution in [0.2, 0.25) is 0 Å². The predicted molar refractivity (Wildman–Crippen MR) is 181 cm³/mol. The van der Waals surface area contributed by atoms with Gasteiger partial charge in [-0.15, -0.1) is 10.2 Å². The fraction of sp³-hybridized carbons (Fsp3) is 0.500. The van der Waals surface area contributed by atoms with Crippen LogP contribution in [0.1, 0.15) is 113 Å². The molecule has 2 aliphatic rings. The topological polar surface area (TPSA) is 127 Å². The summed E-state index contributed by atoms with van der Waals surface area (Å²) in [6.45, 7) is 14.3. The molecule has 0 radical (unpaired) electrons. The molecule has 4 heterocycles. The van der Waals surface area contributed by atoms with Gasteiger partial charge in [0.2, 0.25) is 0 Å². The maximum absolute atomic E-state index is 13.4. The predicted octanol–water partition coefficient (Wildman–Crippen LogP) is 6.42. The number of pyridine rings is 1. The van der Waals surface area contributed by atoms with E-state index in [0.717, 1.165) is 47.9 Å². The van der Waals surface area contributed by atoms with Crippen LogP contribution in [0.15, 0.2) is 48.7 Å². The minimum absolute atomic E-state index is 0.0924. The van der Waals surface area contributed by atoms with Crippen molar-refractivity contribution in [1.29, 1.82) is 0 Å². The number of rotatable bonds is 7. The highest BCUT2D eigenvalue weighted by atomic mass is 16.5. The Kier molecular flexibility index (Phi) is 8.78. The lowest BCUT2D eigenvalue weighted by Crippen LogP contribution is -2.36. The first-order chi connectivity index (χ1) is 22.2. The number of hydrogen-bond donors (Lipinski definition) is 2. The van der Waals surface area contributed by atoms with E-state index >= 15 is 0 Å². The Bertz CT molecular complexity index is 1790. The van der Waals surface area contributed by atoms with E-state index in [0.29, 0.717) is 36.7 Å². The average molecular weight is 639 g/mol. The van der Waals surface area contributed by atoms with E-state index in [-0.39, 0.29) is 40.6 Å². The van der Waals surface area contributed by atoms with Crippen molar-refractivity contribution in [3.8, 4) is 5.75 Å². The molecule has 0 spiro atoms.